The summed E-state index contributed by atoms with van der Waals surface area (Å²) in [5, 5.41) is 6.22. The Hall–Kier alpha value is -1.41. The molecular weight excluding hydrogens is 256 g/mol. The third-order valence-corrected chi connectivity index (χ3v) is 4.98. The molecule has 3 N–H and O–H groups in total. The normalized spacial score (nSPS) is 18.9. The summed E-state index contributed by atoms with van der Waals surface area (Å²) in [6.07, 6.45) is 3.07. The van der Waals surface area contributed by atoms with Crippen LogP contribution in [0.3, 0.4) is 0 Å². The highest BCUT2D eigenvalue weighted by Crippen LogP contribution is 2.24. The summed E-state index contributed by atoms with van der Waals surface area (Å²) >= 11 is 0. The summed E-state index contributed by atoms with van der Waals surface area (Å²) < 4.78 is 25.7. The molecule has 2 heterocycles. The van der Waals surface area contributed by atoms with Crippen molar-refractivity contribution in [3.05, 3.63) is 12.3 Å². The van der Waals surface area contributed by atoms with Gasteiger partial charge in [0, 0.05) is 19.5 Å². The van der Waals surface area contributed by atoms with Crippen molar-refractivity contribution < 1.29 is 13.2 Å². The van der Waals surface area contributed by atoms with Crippen LogP contribution >= 0.6 is 0 Å². The first-order valence-corrected chi connectivity index (χ1v) is 7.22. The van der Waals surface area contributed by atoms with Gasteiger partial charge in [0.15, 0.2) is 5.03 Å². The summed E-state index contributed by atoms with van der Waals surface area (Å²) in [5.74, 6) is -0.138. The fourth-order valence-electron chi connectivity index (χ4n) is 2.16. The molecule has 1 aliphatic rings. The molecule has 0 unspecified atom stereocenters. The molecule has 0 aliphatic carbocycles. The van der Waals surface area contributed by atoms with Gasteiger partial charge < -0.3 is 5.73 Å². The van der Waals surface area contributed by atoms with E-state index in [2.05, 4.69) is 10.2 Å². The average molecular weight is 272 g/mol. The lowest BCUT2D eigenvalue weighted by atomic mass is 9.94. The Labute approximate surface area is 105 Å². The fourth-order valence-corrected chi connectivity index (χ4v) is 3.53. The Morgan fingerprint density at radius 3 is 2.67 bits per heavy atom. The molecule has 0 atom stereocenters. The number of piperidine rings is 1. The number of H-pyrrole nitrogens is 1. The Bertz CT molecular complexity index is 503. The number of aromatic nitrogens is 2. The second kappa shape index (κ2) is 5.07. The Morgan fingerprint density at radius 1 is 1.50 bits per heavy atom. The molecule has 0 spiro atoms. The zero-order chi connectivity index (χ0) is 13.2. The van der Waals surface area contributed by atoms with Gasteiger partial charge in [0.05, 0.1) is 6.20 Å². The number of aromatic amines is 1. The number of carbonyl (C=O) groups is 1. The van der Waals surface area contributed by atoms with Crippen LogP contribution in [-0.4, -0.2) is 41.9 Å². The first kappa shape index (κ1) is 13.0. The maximum absolute atomic E-state index is 12.1. The van der Waals surface area contributed by atoms with Crippen molar-refractivity contribution in [2.45, 2.75) is 24.3 Å². The van der Waals surface area contributed by atoms with Gasteiger partial charge in [-0.25, -0.2) is 8.42 Å². The highest BCUT2D eigenvalue weighted by molar-refractivity contribution is 7.89. The highest BCUT2D eigenvalue weighted by Gasteiger charge is 2.30. The van der Waals surface area contributed by atoms with E-state index >= 15 is 0 Å². The van der Waals surface area contributed by atoms with Gasteiger partial charge >= 0.3 is 0 Å². The van der Waals surface area contributed by atoms with Crippen LogP contribution in [0.5, 0.6) is 0 Å². The number of rotatable bonds is 4. The van der Waals surface area contributed by atoms with Crippen LogP contribution in [0.15, 0.2) is 17.3 Å². The summed E-state index contributed by atoms with van der Waals surface area (Å²) in [6.45, 7) is 0.832. The largest absolute Gasteiger partial charge is 0.370 e. The van der Waals surface area contributed by atoms with Crippen molar-refractivity contribution in [3.63, 3.8) is 0 Å². The Balaban J connectivity index is 2.00. The van der Waals surface area contributed by atoms with Crippen molar-refractivity contribution >= 4 is 15.9 Å². The fraction of sp³-hybridized carbons (Fsp3) is 0.600. The van der Waals surface area contributed by atoms with Crippen molar-refractivity contribution in [3.8, 4) is 0 Å². The molecule has 1 amide bonds. The molecule has 1 aromatic heterocycles. The molecule has 7 nitrogen and oxygen atoms in total. The molecule has 100 valence electrons. The number of sulfonamides is 1. The first-order chi connectivity index (χ1) is 8.50. The van der Waals surface area contributed by atoms with E-state index in [0.29, 0.717) is 32.4 Å². The minimum atomic E-state index is -3.47. The second-order valence-electron chi connectivity index (χ2n) is 4.44. The maximum atomic E-state index is 12.1. The minimum absolute atomic E-state index is 0.107. The summed E-state index contributed by atoms with van der Waals surface area (Å²) in [6, 6.07) is 1.44. The minimum Gasteiger partial charge on any atom is -0.370 e. The molecule has 1 aliphatic heterocycles. The average Bonchev–Trinajstić information content (AvgIpc) is 2.83. The molecule has 2 rings (SSSR count). The number of amides is 1. The predicted molar refractivity (Wildman–Crippen MR) is 63.9 cm³/mol. The van der Waals surface area contributed by atoms with E-state index in [9.17, 15) is 13.2 Å². The van der Waals surface area contributed by atoms with Gasteiger partial charge in [0.2, 0.25) is 5.91 Å². The molecule has 1 saturated heterocycles. The zero-order valence-electron chi connectivity index (χ0n) is 9.87. The van der Waals surface area contributed by atoms with Gasteiger partial charge in [0.25, 0.3) is 10.0 Å². The van der Waals surface area contributed by atoms with Crippen molar-refractivity contribution in [2.75, 3.05) is 13.1 Å². The van der Waals surface area contributed by atoms with Crippen LogP contribution in [0.1, 0.15) is 19.3 Å². The lowest BCUT2D eigenvalue weighted by Gasteiger charge is -2.30. The van der Waals surface area contributed by atoms with E-state index in [1.54, 1.807) is 0 Å². The van der Waals surface area contributed by atoms with Crippen LogP contribution < -0.4 is 5.73 Å². The molecule has 1 fully saturated rings. The monoisotopic (exact) mass is 272 g/mol. The predicted octanol–water partition coefficient (Wildman–Crippen LogP) is -0.314. The van der Waals surface area contributed by atoms with E-state index < -0.39 is 10.0 Å². The van der Waals surface area contributed by atoms with Gasteiger partial charge in [-0.3, -0.25) is 9.89 Å². The van der Waals surface area contributed by atoms with Crippen molar-refractivity contribution in [2.24, 2.45) is 11.7 Å². The number of carbonyl (C=O) groups excluding carboxylic acids is 1. The molecular formula is C10H16N4O3S. The summed E-state index contributed by atoms with van der Waals surface area (Å²) in [7, 11) is -3.47. The van der Waals surface area contributed by atoms with E-state index in [4.69, 9.17) is 5.73 Å². The van der Waals surface area contributed by atoms with E-state index in [-0.39, 0.29) is 16.9 Å². The maximum Gasteiger partial charge on any atom is 0.259 e. The quantitative estimate of drug-likeness (QED) is 0.783. The second-order valence-corrected chi connectivity index (χ2v) is 6.35. The van der Waals surface area contributed by atoms with Gasteiger partial charge in [-0.2, -0.15) is 9.40 Å². The molecule has 8 heteroatoms. The van der Waals surface area contributed by atoms with Gasteiger partial charge in [-0.05, 0) is 24.8 Å². The molecule has 0 radical (unpaired) electrons. The van der Waals surface area contributed by atoms with Gasteiger partial charge in [-0.1, -0.05) is 0 Å². The number of nitrogens with two attached hydrogens (primary N) is 1. The first-order valence-electron chi connectivity index (χ1n) is 5.78. The number of hydrogen-bond acceptors (Lipinski definition) is 4. The smallest absolute Gasteiger partial charge is 0.259 e. The Morgan fingerprint density at radius 2 is 2.17 bits per heavy atom. The summed E-state index contributed by atoms with van der Waals surface area (Å²) in [4.78, 5) is 10.8. The van der Waals surface area contributed by atoms with E-state index in [0.717, 1.165) is 0 Å². The van der Waals surface area contributed by atoms with Crippen LogP contribution in [0.2, 0.25) is 0 Å². The lowest BCUT2D eigenvalue weighted by Crippen LogP contribution is -2.39. The third-order valence-electron chi connectivity index (χ3n) is 3.16. The SMILES string of the molecule is NC(=O)CC1CCN(S(=O)(=O)c2ccn[nH]2)CC1. The molecule has 18 heavy (non-hydrogen) atoms. The van der Waals surface area contributed by atoms with Crippen LogP contribution in [-0.2, 0) is 14.8 Å². The third kappa shape index (κ3) is 2.70. The van der Waals surface area contributed by atoms with Crippen LogP contribution in [0.25, 0.3) is 0 Å². The van der Waals surface area contributed by atoms with Crippen molar-refractivity contribution in [1.82, 2.24) is 14.5 Å². The number of primary amides is 1. The van der Waals surface area contributed by atoms with Crippen LogP contribution in [0, 0.1) is 5.92 Å². The number of hydrogen-bond donors (Lipinski definition) is 2. The van der Waals surface area contributed by atoms with Gasteiger partial charge in [0.1, 0.15) is 0 Å². The number of nitrogens with zero attached hydrogens (tertiary/aromatic N) is 2. The van der Waals surface area contributed by atoms with E-state index in [1.165, 1.54) is 16.6 Å². The Kier molecular flexibility index (Phi) is 3.67. The van der Waals surface area contributed by atoms with Crippen LogP contribution in [0.4, 0.5) is 0 Å². The van der Waals surface area contributed by atoms with Gasteiger partial charge in [-0.15, -0.1) is 0 Å². The topological polar surface area (TPSA) is 109 Å². The lowest BCUT2D eigenvalue weighted by molar-refractivity contribution is -0.119. The van der Waals surface area contributed by atoms with Crippen molar-refractivity contribution in [1.29, 1.82) is 0 Å². The molecule has 0 aromatic carbocycles. The zero-order valence-corrected chi connectivity index (χ0v) is 10.7. The molecule has 0 bridgehead atoms. The van der Waals surface area contributed by atoms with E-state index in [1.807, 2.05) is 0 Å². The summed E-state index contributed by atoms with van der Waals surface area (Å²) in [5.41, 5.74) is 5.14. The molecule has 1 aromatic rings. The molecule has 0 saturated carbocycles. The standard InChI is InChI=1S/C10H16N4O3S/c11-9(15)7-8-2-5-14(6-3-8)18(16,17)10-1-4-12-13-10/h1,4,8H,2-3,5-7H2,(H2,11,15)(H,12,13). The highest BCUT2D eigenvalue weighted by atomic mass is 32.2. The number of nitrogens with one attached hydrogen (secondary N) is 1.